The molecule has 162 valence electrons. The minimum Gasteiger partial charge on any atom is -0.387 e. The van der Waals surface area contributed by atoms with Gasteiger partial charge in [0.2, 0.25) is 0 Å². The van der Waals surface area contributed by atoms with Crippen molar-refractivity contribution in [1.82, 2.24) is 29.8 Å². The predicted molar refractivity (Wildman–Crippen MR) is 110 cm³/mol. The Hall–Kier alpha value is -2.86. The summed E-state index contributed by atoms with van der Waals surface area (Å²) in [6.07, 6.45) is 0.237. The summed E-state index contributed by atoms with van der Waals surface area (Å²) in [5, 5.41) is 26.5. The minimum absolute atomic E-state index is 0.247. The van der Waals surface area contributed by atoms with Crippen molar-refractivity contribution in [3.63, 3.8) is 0 Å². The lowest BCUT2D eigenvalue weighted by atomic mass is 10.1. The van der Waals surface area contributed by atoms with Crippen molar-refractivity contribution in [2.24, 2.45) is 0 Å². The van der Waals surface area contributed by atoms with Gasteiger partial charge in [0.15, 0.2) is 35.1 Å². The molecule has 1 saturated carbocycles. The molecule has 3 aromatic rings. The van der Waals surface area contributed by atoms with Crippen molar-refractivity contribution in [2.45, 2.75) is 43.4 Å². The number of fused-ring (bicyclic) bond motifs is 1. The van der Waals surface area contributed by atoms with Gasteiger partial charge < -0.3 is 25.6 Å². The third-order valence-electron chi connectivity index (χ3n) is 5.20. The zero-order valence-corrected chi connectivity index (χ0v) is 16.7. The largest absolute Gasteiger partial charge is 0.387 e. The lowest BCUT2D eigenvalue weighted by molar-refractivity contribution is -0.137. The maximum atomic E-state index is 12.3. The van der Waals surface area contributed by atoms with Crippen LogP contribution in [0.2, 0.25) is 5.02 Å². The van der Waals surface area contributed by atoms with E-state index in [1.54, 1.807) is 17.6 Å². The summed E-state index contributed by atoms with van der Waals surface area (Å²) in [5.41, 5.74) is 1.21. The molecule has 4 heterocycles. The Balaban J connectivity index is 1.54. The van der Waals surface area contributed by atoms with Crippen molar-refractivity contribution >= 4 is 34.5 Å². The van der Waals surface area contributed by atoms with E-state index >= 15 is 0 Å². The number of rotatable bonds is 5. The molecule has 31 heavy (non-hydrogen) atoms. The fourth-order valence-electron chi connectivity index (χ4n) is 3.46. The maximum absolute atomic E-state index is 12.3. The Bertz CT molecular complexity index is 1250. The first-order chi connectivity index (χ1) is 16.1. The molecule has 0 radical (unpaired) electrons. The lowest BCUT2D eigenvalue weighted by Crippen LogP contribution is -2.41. The molecular weight excluding hydrogens is 426 g/mol. The smallest absolute Gasteiger partial charge is 0.251 e. The van der Waals surface area contributed by atoms with Crippen molar-refractivity contribution in [3.05, 3.63) is 29.8 Å². The number of nitrogens with zero attached hydrogens (tertiary/aromatic N) is 5. The molecule has 12 heteroatoms. The highest BCUT2D eigenvalue weighted by atomic mass is 35.5. The fourth-order valence-corrected chi connectivity index (χ4v) is 3.64. The number of halogens is 1. The van der Waals surface area contributed by atoms with Gasteiger partial charge in [-0.25, -0.2) is 15.0 Å². The molecular formula is C19H20ClN7O4. The standard InChI is InChI=1S/C19H20ClN7O4/c1-21-18(30)14-12(28)13(29)19(31-14)27-7-23-11-16(24-10-2-3-10)25-15(26-17(11)27)8-4-9(20)6-22-5-8/h4-7,10,12-14,19,28-29H,2-3H2,1H3,(H,21,30)(H,24,25,26)/t12-,13+,14-,19+/m0/s1/i1D3. The molecule has 2 fully saturated rings. The summed E-state index contributed by atoms with van der Waals surface area (Å²) in [6, 6.07) is 1.90. The second-order valence-electron chi connectivity index (χ2n) is 7.45. The van der Waals surface area contributed by atoms with Crippen molar-refractivity contribution in [2.75, 3.05) is 12.3 Å². The van der Waals surface area contributed by atoms with Gasteiger partial charge in [0.25, 0.3) is 5.91 Å². The molecule has 5 rings (SSSR count). The van der Waals surface area contributed by atoms with Crippen molar-refractivity contribution in [1.29, 1.82) is 0 Å². The van der Waals surface area contributed by atoms with Crippen LogP contribution < -0.4 is 10.6 Å². The third-order valence-corrected chi connectivity index (χ3v) is 5.40. The van der Waals surface area contributed by atoms with Gasteiger partial charge in [-0.2, -0.15) is 0 Å². The van der Waals surface area contributed by atoms with E-state index in [0.29, 0.717) is 21.9 Å². The molecule has 11 nitrogen and oxygen atoms in total. The monoisotopic (exact) mass is 448 g/mol. The number of hydrogen-bond acceptors (Lipinski definition) is 9. The number of hydrogen-bond donors (Lipinski definition) is 4. The number of amides is 1. The molecule has 0 spiro atoms. The third kappa shape index (κ3) is 3.59. The van der Waals surface area contributed by atoms with Crippen LogP contribution in [0.4, 0.5) is 5.82 Å². The molecule has 0 aromatic carbocycles. The van der Waals surface area contributed by atoms with Crippen LogP contribution in [-0.2, 0) is 9.53 Å². The highest BCUT2D eigenvalue weighted by Crippen LogP contribution is 2.35. The molecule has 4 atom stereocenters. The Morgan fingerprint density at radius 2 is 2.16 bits per heavy atom. The summed E-state index contributed by atoms with van der Waals surface area (Å²) in [4.78, 5) is 29.9. The summed E-state index contributed by atoms with van der Waals surface area (Å²) in [5.74, 6) is -0.321. The SMILES string of the molecule is [2H]C([2H])([2H])NC(=O)[C@H]1O[C@@H](n2cnc3c(NC4CC4)nc(-c4cncc(Cl)c4)nc32)[C@H](O)[C@@H]1O. The van der Waals surface area contributed by atoms with E-state index in [0.717, 1.165) is 12.8 Å². The maximum Gasteiger partial charge on any atom is 0.251 e. The highest BCUT2D eigenvalue weighted by Gasteiger charge is 2.47. The number of aliphatic hydroxyl groups is 2. The van der Waals surface area contributed by atoms with Gasteiger partial charge in [0, 0.05) is 35.1 Å². The minimum atomic E-state index is -2.78. The van der Waals surface area contributed by atoms with Crippen molar-refractivity contribution in [3.8, 4) is 11.4 Å². The van der Waals surface area contributed by atoms with E-state index in [9.17, 15) is 15.0 Å². The van der Waals surface area contributed by atoms with Crippen LogP contribution in [0.15, 0.2) is 24.8 Å². The number of imidazole rings is 1. The van der Waals surface area contributed by atoms with E-state index in [-0.39, 0.29) is 17.5 Å². The zero-order chi connectivity index (χ0) is 24.2. The number of carbonyl (C=O) groups is 1. The van der Waals surface area contributed by atoms with Gasteiger partial charge in [0.1, 0.15) is 12.2 Å². The van der Waals surface area contributed by atoms with Crippen LogP contribution in [-0.4, -0.2) is 72.0 Å². The summed E-state index contributed by atoms with van der Waals surface area (Å²) in [7, 11) is 0. The highest BCUT2D eigenvalue weighted by molar-refractivity contribution is 6.30. The van der Waals surface area contributed by atoms with Crippen molar-refractivity contribution < 1.29 is 23.9 Å². The second-order valence-corrected chi connectivity index (χ2v) is 7.88. The van der Waals surface area contributed by atoms with Crippen LogP contribution in [0.1, 0.15) is 23.2 Å². The number of aliphatic hydroxyl groups excluding tert-OH is 2. The van der Waals surface area contributed by atoms with Crippen LogP contribution in [0, 0.1) is 0 Å². The summed E-state index contributed by atoms with van der Waals surface area (Å²) >= 11 is 6.08. The lowest BCUT2D eigenvalue weighted by Gasteiger charge is -2.17. The molecule has 0 unspecified atom stereocenters. The molecule has 1 aliphatic carbocycles. The van der Waals surface area contributed by atoms with E-state index < -0.39 is 37.4 Å². The van der Waals surface area contributed by atoms with E-state index in [1.165, 1.54) is 17.1 Å². The van der Waals surface area contributed by atoms with Crippen LogP contribution in [0.3, 0.4) is 0 Å². The summed E-state index contributed by atoms with van der Waals surface area (Å²) < 4.78 is 28.5. The molecule has 1 aliphatic heterocycles. The quantitative estimate of drug-likeness (QED) is 0.437. The van der Waals surface area contributed by atoms with Crippen LogP contribution in [0.5, 0.6) is 0 Å². The van der Waals surface area contributed by atoms with Crippen LogP contribution >= 0.6 is 11.6 Å². The summed E-state index contributed by atoms with van der Waals surface area (Å²) in [6.45, 7) is -2.78. The van der Waals surface area contributed by atoms with E-state index in [4.69, 9.17) is 20.5 Å². The van der Waals surface area contributed by atoms with Gasteiger partial charge in [-0.15, -0.1) is 0 Å². The number of ether oxygens (including phenoxy) is 1. The average molecular weight is 449 g/mol. The predicted octanol–water partition coefficient (Wildman–Crippen LogP) is 0.481. The Morgan fingerprint density at radius 1 is 1.32 bits per heavy atom. The normalized spacial score (nSPS) is 27.5. The first kappa shape index (κ1) is 16.8. The molecule has 1 amide bonds. The topological polar surface area (TPSA) is 147 Å². The van der Waals surface area contributed by atoms with Gasteiger partial charge in [0.05, 0.1) is 11.3 Å². The number of aromatic nitrogens is 5. The van der Waals surface area contributed by atoms with Gasteiger partial charge in [-0.3, -0.25) is 14.3 Å². The van der Waals surface area contributed by atoms with E-state index in [1.807, 2.05) is 0 Å². The zero-order valence-electron chi connectivity index (χ0n) is 18.9. The molecule has 3 aromatic heterocycles. The fraction of sp³-hybridized carbons (Fsp3) is 0.421. The second kappa shape index (κ2) is 7.68. The molecule has 4 N–H and O–H groups in total. The Morgan fingerprint density at radius 3 is 2.90 bits per heavy atom. The molecule has 1 saturated heterocycles. The molecule has 0 bridgehead atoms. The number of likely N-dealkylation sites (N-methyl/N-ethyl adjacent to an activating group) is 1. The van der Waals surface area contributed by atoms with Gasteiger partial charge in [-0.1, -0.05) is 11.6 Å². The first-order valence-corrected chi connectivity index (χ1v) is 9.94. The number of anilines is 1. The molecule has 2 aliphatic rings. The average Bonchev–Trinajstić information content (AvgIpc) is 3.40. The Labute approximate surface area is 185 Å². The number of carbonyl (C=O) groups excluding carboxylic acids is 1. The Kier molecular flexibility index (Phi) is 4.16. The van der Waals surface area contributed by atoms with Crippen LogP contribution in [0.25, 0.3) is 22.6 Å². The van der Waals surface area contributed by atoms with Gasteiger partial charge >= 0.3 is 0 Å². The van der Waals surface area contributed by atoms with Gasteiger partial charge in [-0.05, 0) is 18.9 Å². The first-order valence-electron chi connectivity index (χ1n) is 11.1. The van der Waals surface area contributed by atoms with E-state index in [2.05, 4.69) is 25.3 Å². The number of nitrogens with one attached hydrogen (secondary N) is 2. The number of pyridine rings is 1.